The molecule has 5 aromatic rings. The standard InChI is InChI=1S/C34H26FN3O5S2/c1-20-4-2-3-5-24(20)18-43-27-16-10-23(11-17-27)30(40)28-29(22-8-14-26(39)15-9-22)38(32(42)31(28)41)33-36-37-34(45-33)44-19-21-6-12-25(35)13-7-21/h2-17,29,39-40H,18-19H2,1H3. The number of anilines is 1. The molecule has 45 heavy (non-hydrogen) atoms. The van der Waals surface area contributed by atoms with Crippen LogP contribution in [0.25, 0.3) is 5.76 Å². The van der Waals surface area contributed by atoms with Gasteiger partial charge in [-0.05, 0) is 77.7 Å². The molecule has 6 rings (SSSR count). The minimum Gasteiger partial charge on any atom is -0.508 e. The Hall–Kier alpha value is -5.00. The predicted molar refractivity (Wildman–Crippen MR) is 171 cm³/mol. The fourth-order valence-electron chi connectivity index (χ4n) is 4.88. The average Bonchev–Trinajstić information content (AvgIpc) is 3.62. The molecule has 0 aliphatic carbocycles. The van der Waals surface area contributed by atoms with E-state index in [1.165, 1.54) is 40.9 Å². The maximum atomic E-state index is 13.5. The largest absolute Gasteiger partial charge is 0.508 e. The highest BCUT2D eigenvalue weighted by molar-refractivity contribution is 8.00. The third kappa shape index (κ3) is 6.45. The number of carbonyl (C=O) groups is 2. The highest BCUT2D eigenvalue weighted by atomic mass is 32.2. The van der Waals surface area contributed by atoms with E-state index < -0.39 is 17.7 Å². The van der Waals surface area contributed by atoms with Gasteiger partial charge in [0.25, 0.3) is 5.78 Å². The first-order valence-corrected chi connectivity index (χ1v) is 15.7. The van der Waals surface area contributed by atoms with Gasteiger partial charge >= 0.3 is 5.91 Å². The summed E-state index contributed by atoms with van der Waals surface area (Å²) in [6, 6.07) is 25.7. The molecule has 1 aliphatic heterocycles. The van der Waals surface area contributed by atoms with Gasteiger partial charge in [0.1, 0.15) is 29.7 Å². The van der Waals surface area contributed by atoms with E-state index in [1.54, 1.807) is 48.5 Å². The van der Waals surface area contributed by atoms with E-state index in [0.29, 0.717) is 33.6 Å². The fourth-order valence-corrected chi connectivity index (χ4v) is 6.71. The van der Waals surface area contributed by atoms with Crippen molar-refractivity contribution in [3.05, 3.63) is 136 Å². The maximum absolute atomic E-state index is 13.5. The molecule has 1 aliphatic rings. The number of rotatable bonds is 9. The van der Waals surface area contributed by atoms with Crippen LogP contribution in [0, 0.1) is 12.7 Å². The van der Waals surface area contributed by atoms with E-state index in [9.17, 15) is 24.2 Å². The Kier molecular flexibility index (Phi) is 8.63. The Morgan fingerprint density at radius 1 is 0.956 bits per heavy atom. The molecule has 0 spiro atoms. The molecule has 226 valence electrons. The van der Waals surface area contributed by atoms with Gasteiger partial charge in [0.05, 0.1) is 11.6 Å². The number of amides is 1. The minimum atomic E-state index is -1.02. The van der Waals surface area contributed by atoms with Crippen molar-refractivity contribution in [2.75, 3.05) is 4.90 Å². The SMILES string of the molecule is Cc1ccccc1COc1ccc(C(O)=C2C(=O)C(=O)N(c3nnc(SCc4ccc(F)cc4)s3)C2c2ccc(O)cc2)cc1. The van der Waals surface area contributed by atoms with Gasteiger partial charge < -0.3 is 14.9 Å². The molecule has 1 atom stereocenters. The van der Waals surface area contributed by atoms with Crippen LogP contribution >= 0.6 is 23.1 Å². The quantitative estimate of drug-likeness (QED) is 0.0573. The predicted octanol–water partition coefficient (Wildman–Crippen LogP) is 7.19. The molecule has 2 N–H and O–H groups in total. The van der Waals surface area contributed by atoms with Crippen molar-refractivity contribution in [3.8, 4) is 11.5 Å². The number of benzene rings is 4. The molecule has 0 bridgehead atoms. The first-order valence-electron chi connectivity index (χ1n) is 13.9. The molecule has 1 unspecified atom stereocenters. The molecule has 1 fully saturated rings. The lowest BCUT2D eigenvalue weighted by Gasteiger charge is -2.22. The van der Waals surface area contributed by atoms with Crippen LogP contribution in [0.1, 0.15) is 33.9 Å². The molecule has 1 aromatic heterocycles. The van der Waals surface area contributed by atoms with Gasteiger partial charge in [0.2, 0.25) is 5.13 Å². The van der Waals surface area contributed by atoms with Crippen LogP contribution < -0.4 is 9.64 Å². The van der Waals surface area contributed by atoms with E-state index in [4.69, 9.17) is 4.74 Å². The summed E-state index contributed by atoms with van der Waals surface area (Å²) >= 11 is 2.49. The van der Waals surface area contributed by atoms with Crippen LogP contribution in [-0.2, 0) is 21.9 Å². The van der Waals surface area contributed by atoms with Crippen molar-refractivity contribution in [1.82, 2.24) is 10.2 Å². The molecule has 1 amide bonds. The Labute approximate surface area is 266 Å². The van der Waals surface area contributed by atoms with Gasteiger partial charge in [-0.2, -0.15) is 0 Å². The number of aliphatic hydroxyl groups excluding tert-OH is 1. The van der Waals surface area contributed by atoms with E-state index >= 15 is 0 Å². The summed E-state index contributed by atoms with van der Waals surface area (Å²) in [6.07, 6.45) is 0. The van der Waals surface area contributed by atoms with Crippen molar-refractivity contribution >= 4 is 45.7 Å². The third-order valence-electron chi connectivity index (χ3n) is 7.31. The molecule has 0 radical (unpaired) electrons. The zero-order chi connectivity index (χ0) is 31.5. The highest BCUT2D eigenvalue weighted by Gasteiger charge is 2.48. The lowest BCUT2D eigenvalue weighted by Crippen LogP contribution is -2.29. The number of hydrogen-bond donors (Lipinski definition) is 2. The number of aromatic hydroxyl groups is 1. The second-order valence-corrected chi connectivity index (χ2v) is 12.4. The Morgan fingerprint density at radius 2 is 1.67 bits per heavy atom. The van der Waals surface area contributed by atoms with Crippen molar-refractivity contribution in [1.29, 1.82) is 0 Å². The second kappa shape index (κ2) is 12.9. The van der Waals surface area contributed by atoms with Crippen LogP contribution in [0.4, 0.5) is 9.52 Å². The van der Waals surface area contributed by atoms with Crippen LogP contribution in [0.2, 0.25) is 0 Å². The van der Waals surface area contributed by atoms with Gasteiger partial charge in [0, 0.05) is 11.3 Å². The minimum absolute atomic E-state index is 0.00683. The number of aromatic nitrogens is 2. The van der Waals surface area contributed by atoms with E-state index in [2.05, 4.69) is 10.2 Å². The fraction of sp³-hybridized carbons (Fsp3) is 0.118. The third-order valence-corrected chi connectivity index (χ3v) is 9.44. The molecule has 1 saturated heterocycles. The second-order valence-electron chi connectivity index (χ2n) is 10.3. The number of aryl methyl sites for hydroxylation is 1. The number of nitrogens with zero attached hydrogens (tertiary/aromatic N) is 3. The summed E-state index contributed by atoms with van der Waals surface area (Å²) in [6.45, 7) is 2.38. The van der Waals surface area contributed by atoms with Crippen molar-refractivity contribution in [3.63, 3.8) is 0 Å². The number of hydrogen-bond acceptors (Lipinski definition) is 9. The monoisotopic (exact) mass is 639 g/mol. The van der Waals surface area contributed by atoms with E-state index in [-0.39, 0.29) is 28.0 Å². The highest BCUT2D eigenvalue weighted by Crippen LogP contribution is 2.44. The molecule has 2 heterocycles. The number of ketones is 1. The lowest BCUT2D eigenvalue weighted by atomic mass is 9.95. The van der Waals surface area contributed by atoms with Gasteiger partial charge in [-0.25, -0.2) is 4.39 Å². The number of phenols is 1. The van der Waals surface area contributed by atoms with Crippen LogP contribution in [0.3, 0.4) is 0 Å². The summed E-state index contributed by atoms with van der Waals surface area (Å²) in [7, 11) is 0. The smallest absolute Gasteiger partial charge is 0.301 e. The van der Waals surface area contributed by atoms with Crippen molar-refractivity contribution in [2.45, 2.75) is 29.7 Å². The van der Waals surface area contributed by atoms with Crippen molar-refractivity contribution < 1.29 is 28.9 Å². The number of carbonyl (C=O) groups excluding carboxylic acids is 2. The van der Waals surface area contributed by atoms with Gasteiger partial charge in [-0.1, -0.05) is 71.6 Å². The van der Waals surface area contributed by atoms with Crippen LogP contribution in [-0.4, -0.2) is 32.1 Å². The van der Waals surface area contributed by atoms with Crippen LogP contribution in [0.15, 0.2) is 107 Å². The lowest BCUT2D eigenvalue weighted by molar-refractivity contribution is -0.132. The van der Waals surface area contributed by atoms with E-state index in [1.807, 2.05) is 31.2 Å². The number of ether oxygens (including phenoxy) is 1. The summed E-state index contributed by atoms with van der Waals surface area (Å²) in [5.74, 6) is -1.33. The molecule has 11 heteroatoms. The van der Waals surface area contributed by atoms with Crippen LogP contribution in [0.5, 0.6) is 11.5 Å². The first-order chi connectivity index (χ1) is 21.8. The number of thioether (sulfide) groups is 1. The Balaban J connectivity index is 1.29. The number of Topliss-reactive ketones (excluding diaryl/α,β-unsaturated/α-hetero) is 1. The maximum Gasteiger partial charge on any atom is 0.301 e. The summed E-state index contributed by atoms with van der Waals surface area (Å²) in [5.41, 5.74) is 3.74. The molecule has 4 aromatic carbocycles. The van der Waals surface area contributed by atoms with E-state index in [0.717, 1.165) is 28.0 Å². The summed E-state index contributed by atoms with van der Waals surface area (Å²) in [4.78, 5) is 28.2. The molecular weight excluding hydrogens is 614 g/mol. The van der Waals surface area contributed by atoms with Gasteiger partial charge in [-0.3, -0.25) is 14.5 Å². The first kappa shape index (κ1) is 30.0. The van der Waals surface area contributed by atoms with Crippen molar-refractivity contribution in [2.24, 2.45) is 0 Å². The number of aliphatic hydroxyl groups is 1. The topological polar surface area (TPSA) is 113 Å². The number of halogens is 1. The summed E-state index contributed by atoms with van der Waals surface area (Å²) < 4.78 is 19.7. The average molecular weight is 640 g/mol. The molecule has 0 saturated carbocycles. The zero-order valence-corrected chi connectivity index (χ0v) is 25.5. The Bertz CT molecular complexity index is 1890. The molecular formula is C34H26FN3O5S2. The molecule has 8 nitrogen and oxygen atoms in total. The van der Waals surface area contributed by atoms with Gasteiger partial charge in [0.15, 0.2) is 4.34 Å². The Morgan fingerprint density at radius 3 is 2.38 bits per heavy atom. The zero-order valence-electron chi connectivity index (χ0n) is 23.9. The summed E-state index contributed by atoms with van der Waals surface area (Å²) in [5, 5.41) is 29.9. The normalized spacial score (nSPS) is 15.9. The van der Waals surface area contributed by atoms with Gasteiger partial charge in [-0.15, -0.1) is 10.2 Å². The number of phenolic OH excluding ortho intramolecular Hbond substituents is 1.